The topological polar surface area (TPSA) is 143 Å². The second-order valence-electron chi connectivity index (χ2n) is 14.9. The Balaban J connectivity index is 2.02. The molecule has 0 saturated heterocycles. The second kappa shape index (κ2) is 16.1. The number of hydrogen-bond acceptors (Lipinski definition) is 6. The fraction of sp³-hybridized carbons (Fsp3) is 0.111. The van der Waals surface area contributed by atoms with E-state index in [1.165, 1.54) is 0 Å². The van der Waals surface area contributed by atoms with Crippen LogP contribution in [0.4, 0.5) is 0 Å². The number of aryl methyl sites for hydroxylation is 4. The van der Waals surface area contributed by atoms with Gasteiger partial charge in [-0.15, -0.1) is 0 Å². The highest BCUT2D eigenvalue weighted by Crippen LogP contribution is 2.59. The first-order valence-corrected chi connectivity index (χ1v) is 19.3. The van der Waals surface area contributed by atoms with Crippen molar-refractivity contribution in [1.82, 2.24) is 0 Å². The molecular weight excluding hydrogens is 733 g/mol. The van der Waals surface area contributed by atoms with Gasteiger partial charge in [0.25, 0.3) is 0 Å². The zero-order valence-electron chi connectivity index (χ0n) is 34.1. The summed E-state index contributed by atoms with van der Waals surface area (Å²) in [5.41, 5.74) is 16.1. The lowest BCUT2D eigenvalue weighted by Gasteiger charge is -2.32. The quantitative estimate of drug-likeness (QED) is 0.165. The van der Waals surface area contributed by atoms with E-state index in [1.54, 1.807) is 36.4 Å². The third kappa shape index (κ3) is 6.53. The molecule has 0 saturated carbocycles. The highest BCUT2D eigenvalue weighted by Gasteiger charge is 2.34. The smallest absolute Gasteiger partial charge is 0.0998 e. The first-order valence-electron chi connectivity index (χ1n) is 19.3. The van der Waals surface area contributed by atoms with Crippen LogP contribution in [-0.4, -0.2) is 0 Å². The molecule has 0 radical (unpaired) electrons. The predicted octanol–water partition coefficient (Wildman–Crippen LogP) is 12.8. The summed E-state index contributed by atoms with van der Waals surface area (Å²) in [6.45, 7) is 11.7. The van der Waals surface area contributed by atoms with Crippen LogP contribution in [0.1, 0.15) is 66.8 Å². The Morgan fingerprint density at radius 2 is 0.617 bits per heavy atom. The van der Waals surface area contributed by atoms with Crippen LogP contribution in [0, 0.1) is 110 Å². The molecule has 0 N–H and O–H groups in total. The lowest BCUT2D eigenvalue weighted by atomic mass is 9.70. The average molecular weight is 769 g/mol. The van der Waals surface area contributed by atoms with Gasteiger partial charge in [-0.05, 0) is 168 Å². The van der Waals surface area contributed by atoms with E-state index >= 15 is 0 Å². The lowest BCUT2D eigenvalue weighted by molar-refractivity contribution is 1.35. The molecule has 0 atom stereocenters. The van der Waals surface area contributed by atoms with Gasteiger partial charge in [0.15, 0.2) is 0 Å². The van der Waals surface area contributed by atoms with Gasteiger partial charge in [0, 0.05) is 22.3 Å². The number of hydrogen-bond donors (Lipinski definition) is 0. The molecule has 7 rings (SSSR count). The molecule has 0 heterocycles. The van der Waals surface area contributed by atoms with Crippen molar-refractivity contribution in [3.8, 4) is 103 Å². The van der Waals surface area contributed by atoms with Gasteiger partial charge >= 0.3 is 0 Å². The van der Waals surface area contributed by atoms with E-state index in [0.717, 1.165) is 77.9 Å². The minimum atomic E-state index is 0.414. The van der Waals surface area contributed by atoms with Crippen LogP contribution in [0.15, 0.2) is 109 Å². The van der Waals surface area contributed by atoms with Crippen LogP contribution in [0.25, 0.3) is 66.8 Å². The van der Waals surface area contributed by atoms with Crippen molar-refractivity contribution in [2.75, 3.05) is 0 Å². The molecule has 0 aliphatic carbocycles. The van der Waals surface area contributed by atoms with Crippen LogP contribution in [0.3, 0.4) is 0 Å². The van der Waals surface area contributed by atoms with Crippen LogP contribution in [-0.2, 0) is 0 Å². The maximum atomic E-state index is 11.0. The van der Waals surface area contributed by atoms with Crippen LogP contribution in [0.2, 0.25) is 0 Å². The third-order valence-corrected chi connectivity index (χ3v) is 11.5. The molecule has 0 aliphatic rings. The number of benzene rings is 7. The Hall–Kier alpha value is -8.52. The van der Waals surface area contributed by atoms with E-state index in [2.05, 4.69) is 36.4 Å². The molecule has 6 nitrogen and oxygen atoms in total. The molecule has 0 unspecified atom stereocenters. The molecule has 0 fully saturated rings. The van der Waals surface area contributed by atoms with Gasteiger partial charge in [-0.1, -0.05) is 60.7 Å². The molecule has 6 heteroatoms. The molecular formula is C54H36N6. The van der Waals surface area contributed by atoms with Crippen LogP contribution >= 0.6 is 0 Å². The molecule has 7 aromatic carbocycles. The third-order valence-electron chi connectivity index (χ3n) is 11.5. The Labute approximate surface area is 351 Å². The molecule has 0 bridgehead atoms. The maximum Gasteiger partial charge on any atom is 0.0998 e. The highest BCUT2D eigenvalue weighted by atomic mass is 14.4. The number of nitriles is 6. The first-order chi connectivity index (χ1) is 29.0. The monoisotopic (exact) mass is 768 g/mol. The molecule has 7 aromatic rings. The van der Waals surface area contributed by atoms with Crippen molar-refractivity contribution < 1.29 is 0 Å². The van der Waals surface area contributed by atoms with Crippen molar-refractivity contribution in [2.24, 2.45) is 0 Å². The summed E-state index contributed by atoms with van der Waals surface area (Å²) in [6.07, 6.45) is 0. The second-order valence-corrected chi connectivity index (χ2v) is 14.9. The van der Waals surface area contributed by atoms with Gasteiger partial charge < -0.3 is 0 Å². The minimum absolute atomic E-state index is 0.414. The van der Waals surface area contributed by atoms with Crippen molar-refractivity contribution in [2.45, 2.75) is 41.5 Å². The fourth-order valence-electron chi connectivity index (χ4n) is 8.60. The van der Waals surface area contributed by atoms with Gasteiger partial charge in [-0.2, -0.15) is 31.6 Å². The van der Waals surface area contributed by atoms with Gasteiger partial charge in [0.1, 0.15) is 0 Å². The number of nitrogens with zero attached hydrogens (tertiary/aromatic N) is 6. The summed E-state index contributed by atoms with van der Waals surface area (Å²) < 4.78 is 0. The number of rotatable bonds is 6. The molecule has 0 amide bonds. The normalized spacial score (nSPS) is 10.4. The maximum absolute atomic E-state index is 11.0. The predicted molar refractivity (Wildman–Crippen MR) is 236 cm³/mol. The summed E-state index contributed by atoms with van der Waals surface area (Å²) in [7, 11) is 0. The molecule has 60 heavy (non-hydrogen) atoms. The summed E-state index contributed by atoms with van der Waals surface area (Å²) in [5.74, 6) is 0. The van der Waals surface area contributed by atoms with E-state index in [0.29, 0.717) is 55.6 Å². The zero-order valence-corrected chi connectivity index (χ0v) is 34.1. The van der Waals surface area contributed by atoms with Crippen molar-refractivity contribution in [3.05, 3.63) is 176 Å². The Morgan fingerprint density at radius 3 is 0.950 bits per heavy atom. The Bertz CT molecular complexity index is 3010. The highest BCUT2D eigenvalue weighted by molar-refractivity contribution is 6.17. The van der Waals surface area contributed by atoms with E-state index in [1.807, 2.05) is 114 Å². The van der Waals surface area contributed by atoms with Crippen molar-refractivity contribution in [3.63, 3.8) is 0 Å². The molecule has 0 spiro atoms. The van der Waals surface area contributed by atoms with Gasteiger partial charge in [-0.3, -0.25) is 0 Å². The molecule has 0 aliphatic heterocycles. The van der Waals surface area contributed by atoms with E-state index in [4.69, 9.17) is 0 Å². The van der Waals surface area contributed by atoms with Crippen molar-refractivity contribution >= 4 is 0 Å². The van der Waals surface area contributed by atoms with E-state index in [-0.39, 0.29) is 0 Å². The van der Waals surface area contributed by atoms with E-state index in [9.17, 15) is 31.6 Å². The van der Waals surface area contributed by atoms with Crippen molar-refractivity contribution in [1.29, 1.82) is 31.6 Å². The molecule has 0 aromatic heterocycles. The summed E-state index contributed by atoms with van der Waals surface area (Å²) in [5, 5.41) is 63.1. The Kier molecular flexibility index (Phi) is 10.7. The van der Waals surface area contributed by atoms with Crippen LogP contribution < -0.4 is 0 Å². The lowest BCUT2D eigenvalue weighted by Crippen LogP contribution is -2.08. The summed E-state index contributed by atoms with van der Waals surface area (Å²) in [4.78, 5) is 0. The largest absolute Gasteiger partial charge is 0.192 e. The van der Waals surface area contributed by atoms with Gasteiger partial charge in [-0.25, -0.2) is 0 Å². The summed E-state index contributed by atoms with van der Waals surface area (Å²) in [6, 6.07) is 48.0. The summed E-state index contributed by atoms with van der Waals surface area (Å²) >= 11 is 0. The molecule has 282 valence electrons. The van der Waals surface area contributed by atoms with Gasteiger partial charge in [0.2, 0.25) is 0 Å². The SMILES string of the molecule is Cc1cc(C#N)ccc1-c1c(-c2ccc(C#N)cc2C)c(-c2cccc(C#N)c2C)c(-c2c(C)cccc2C#N)c(-c2c(C)cccc2C#N)c1-c1cccc(C#N)c1C. The average Bonchev–Trinajstić information content (AvgIpc) is 3.26. The van der Waals surface area contributed by atoms with E-state index < -0.39 is 0 Å². The Morgan fingerprint density at radius 1 is 0.283 bits per heavy atom. The zero-order chi connectivity index (χ0) is 42.8. The fourth-order valence-corrected chi connectivity index (χ4v) is 8.60. The van der Waals surface area contributed by atoms with Gasteiger partial charge in [0.05, 0.1) is 69.8 Å². The minimum Gasteiger partial charge on any atom is -0.192 e. The first kappa shape index (κ1) is 39.7. The van der Waals surface area contributed by atoms with Crippen LogP contribution in [0.5, 0.6) is 0 Å². The standard InChI is InChI=1S/C54H36N6/c1-31-11-7-15-41(29-59)47(31)53-51(45-17-9-13-39(27-57)35(45)5)49(43-21-19-37(25-55)23-33(43)3)50(44-22-20-38(26-56)24-34(44)4)52(46-18-10-14-40(28-58)36(46)6)54(53)48-32(2)12-8-16-42(48)30-60/h7-24H,1-6H3.